The summed E-state index contributed by atoms with van der Waals surface area (Å²) >= 11 is 0. The summed E-state index contributed by atoms with van der Waals surface area (Å²) < 4.78 is 37.3. The fraction of sp³-hybridized carbons (Fsp3) is 0.211. The van der Waals surface area contributed by atoms with E-state index in [0.29, 0.717) is 16.7 Å². The van der Waals surface area contributed by atoms with Crippen molar-refractivity contribution in [1.82, 2.24) is 0 Å². The highest BCUT2D eigenvalue weighted by molar-refractivity contribution is 7.90. The number of carboxylic acids is 1. The molecular weight excluding hydrogens is 343 g/mol. The highest BCUT2D eigenvalue weighted by Gasteiger charge is 2.27. The quantitative estimate of drug-likeness (QED) is 0.898. The van der Waals surface area contributed by atoms with Gasteiger partial charge in [-0.3, -0.25) is 4.79 Å². The maximum atomic E-state index is 14.1. The third-order valence-corrected chi connectivity index (χ3v) is 5.57. The first-order chi connectivity index (χ1) is 11.7. The van der Waals surface area contributed by atoms with Crippen LogP contribution in [0.2, 0.25) is 0 Å². The summed E-state index contributed by atoms with van der Waals surface area (Å²) in [6.45, 7) is 1.84. The molecule has 3 rings (SSSR count). The van der Waals surface area contributed by atoms with Crippen molar-refractivity contribution >= 4 is 21.9 Å². The highest BCUT2D eigenvalue weighted by Crippen LogP contribution is 2.43. The molecule has 1 aliphatic carbocycles. The van der Waals surface area contributed by atoms with Gasteiger partial charge in [0, 0.05) is 12.2 Å². The molecule has 0 aromatic heterocycles. The van der Waals surface area contributed by atoms with Crippen molar-refractivity contribution in [3.63, 3.8) is 0 Å². The standard InChI is InChI=1S/C19H17FO4S/c1-11-7-17-16(12-3-5-14(6-4-12)25(2,23)24)8-13(20)9-18(17)15(11)10-19(21)22/h3-9,15H,10H2,1-2H3,(H,21,22). The average molecular weight is 360 g/mol. The van der Waals surface area contributed by atoms with Crippen LogP contribution >= 0.6 is 0 Å². The summed E-state index contributed by atoms with van der Waals surface area (Å²) in [6.07, 6.45) is 2.91. The van der Waals surface area contributed by atoms with Crippen LogP contribution in [-0.2, 0) is 14.6 Å². The van der Waals surface area contributed by atoms with E-state index < -0.39 is 21.6 Å². The second-order valence-electron chi connectivity index (χ2n) is 6.29. The maximum absolute atomic E-state index is 14.1. The smallest absolute Gasteiger partial charge is 0.304 e. The van der Waals surface area contributed by atoms with Crippen molar-refractivity contribution in [2.24, 2.45) is 0 Å². The van der Waals surface area contributed by atoms with E-state index in [1.807, 2.05) is 13.0 Å². The summed E-state index contributed by atoms with van der Waals surface area (Å²) in [7, 11) is -3.30. The minimum atomic E-state index is -3.30. The van der Waals surface area contributed by atoms with Crippen LogP contribution in [0.25, 0.3) is 17.2 Å². The summed E-state index contributed by atoms with van der Waals surface area (Å²) in [4.78, 5) is 11.3. The molecular formula is C19H17FO4S. The summed E-state index contributed by atoms with van der Waals surface area (Å²) in [5.74, 6) is -1.73. The topological polar surface area (TPSA) is 71.4 Å². The van der Waals surface area contributed by atoms with Gasteiger partial charge < -0.3 is 5.11 Å². The third kappa shape index (κ3) is 3.35. The molecule has 0 heterocycles. The number of halogens is 1. The number of allylic oxidation sites excluding steroid dienone is 1. The van der Waals surface area contributed by atoms with Crippen molar-refractivity contribution in [2.75, 3.05) is 6.26 Å². The molecule has 1 aliphatic rings. The Morgan fingerprint density at radius 3 is 2.40 bits per heavy atom. The molecule has 2 aromatic rings. The van der Waals surface area contributed by atoms with E-state index in [0.717, 1.165) is 17.4 Å². The molecule has 1 N–H and O–H groups in total. The number of benzene rings is 2. The number of carboxylic acid groups (broad SMARTS) is 1. The molecule has 0 fully saturated rings. The Kier molecular flexibility index (Phi) is 4.24. The van der Waals surface area contributed by atoms with Crippen LogP contribution in [0.4, 0.5) is 4.39 Å². The van der Waals surface area contributed by atoms with Crippen molar-refractivity contribution in [3.8, 4) is 11.1 Å². The summed E-state index contributed by atoms with van der Waals surface area (Å²) in [5.41, 5.74) is 3.63. The fourth-order valence-electron chi connectivity index (χ4n) is 3.23. The molecule has 0 radical (unpaired) electrons. The molecule has 2 aromatic carbocycles. The van der Waals surface area contributed by atoms with Crippen LogP contribution in [0, 0.1) is 5.82 Å². The Hall–Kier alpha value is -2.47. The number of aliphatic carboxylic acids is 1. The van der Waals surface area contributed by atoms with E-state index in [1.54, 1.807) is 12.1 Å². The lowest BCUT2D eigenvalue weighted by Crippen LogP contribution is -2.06. The Bertz CT molecular complexity index is 989. The van der Waals surface area contributed by atoms with Crippen LogP contribution < -0.4 is 0 Å². The Morgan fingerprint density at radius 2 is 1.84 bits per heavy atom. The molecule has 0 spiro atoms. The number of fused-ring (bicyclic) bond motifs is 1. The van der Waals surface area contributed by atoms with E-state index in [9.17, 15) is 17.6 Å². The van der Waals surface area contributed by atoms with Crippen LogP contribution in [-0.4, -0.2) is 25.7 Å². The molecule has 0 saturated carbocycles. The highest BCUT2D eigenvalue weighted by atomic mass is 32.2. The fourth-order valence-corrected chi connectivity index (χ4v) is 3.86. The van der Waals surface area contributed by atoms with Gasteiger partial charge in [-0.15, -0.1) is 0 Å². The lowest BCUT2D eigenvalue weighted by atomic mass is 9.90. The van der Waals surface area contributed by atoms with Gasteiger partial charge in [0.15, 0.2) is 9.84 Å². The zero-order chi connectivity index (χ0) is 18.4. The number of sulfone groups is 1. The van der Waals surface area contributed by atoms with Gasteiger partial charge in [-0.1, -0.05) is 23.8 Å². The van der Waals surface area contributed by atoms with Crippen LogP contribution in [0.1, 0.15) is 30.4 Å². The molecule has 4 nitrogen and oxygen atoms in total. The van der Waals surface area contributed by atoms with Crippen LogP contribution in [0.15, 0.2) is 46.9 Å². The van der Waals surface area contributed by atoms with Crippen LogP contribution in [0.5, 0.6) is 0 Å². The van der Waals surface area contributed by atoms with E-state index in [-0.39, 0.29) is 17.2 Å². The zero-order valence-electron chi connectivity index (χ0n) is 13.8. The molecule has 6 heteroatoms. The predicted octanol–water partition coefficient (Wildman–Crippen LogP) is 3.87. The number of carbonyl (C=O) groups is 1. The predicted molar refractivity (Wildman–Crippen MR) is 93.6 cm³/mol. The second-order valence-corrected chi connectivity index (χ2v) is 8.31. The first kappa shape index (κ1) is 17.4. The molecule has 0 bridgehead atoms. The van der Waals surface area contributed by atoms with Gasteiger partial charge in [-0.05, 0) is 53.4 Å². The summed E-state index contributed by atoms with van der Waals surface area (Å²) in [6, 6.07) is 9.02. The van der Waals surface area contributed by atoms with Crippen molar-refractivity contribution in [2.45, 2.75) is 24.2 Å². The van der Waals surface area contributed by atoms with Gasteiger partial charge in [0.25, 0.3) is 0 Å². The zero-order valence-corrected chi connectivity index (χ0v) is 14.6. The molecule has 25 heavy (non-hydrogen) atoms. The monoisotopic (exact) mass is 360 g/mol. The normalized spacial score (nSPS) is 16.4. The second kappa shape index (κ2) is 6.11. The number of rotatable bonds is 4. The molecule has 0 amide bonds. The molecule has 0 saturated heterocycles. The Labute approximate surface area is 145 Å². The van der Waals surface area contributed by atoms with Gasteiger partial charge in [0.1, 0.15) is 5.82 Å². The SMILES string of the molecule is CC1=Cc2c(-c3ccc(S(C)(=O)=O)cc3)cc(F)cc2C1CC(=O)O. The molecule has 1 atom stereocenters. The lowest BCUT2D eigenvalue weighted by Gasteiger charge is -2.14. The van der Waals surface area contributed by atoms with E-state index in [1.165, 1.54) is 24.3 Å². The average Bonchev–Trinajstić information content (AvgIpc) is 2.82. The van der Waals surface area contributed by atoms with Gasteiger partial charge in [-0.25, -0.2) is 12.8 Å². The Balaban J connectivity index is 2.12. The maximum Gasteiger partial charge on any atom is 0.304 e. The van der Waals surface area contributed by atoms with Gasteiger partial charge in [0.05, 0.1) is 11.3 Å². The molecule has 1 unspecified atom stereocenters. The first-order valence-corrected chi connectivity index (χ1v) is 9.60. The Morgan fingerprint density at radius 1 is 1.20 bits per heavy atom. The largest absolute Gasteiger partial charge is 0.481 e. The minimum Gasteiger partial charge on any atom is -0.481 e. The van der Waals surface area contributed by atoms with Crippen LogP contribution in [0.3, 0.4) is 0 Å². The summed E-state index contributed by atoms with van der Waals surface area (Å²) in [5, 5.41) is 9.10. The van der Waals surface area contributed by atoms with E-state index in [2.05, 4.69) is 0 Å². The lowest BCUT2D eigenvalue weighted by molar-refractivity contribution is -0.137. The van der Waals surface area contributed by atoms with Crippen molar-refractivity contribution < 1.29 is 22.7 Å². The van der Waals surface area contributed by atoms with E-state index in [4.69, 9.17) is 5.11 Å². The van der Waals surface area contributed by atoms with Gasteiger partial charge in [-0.2, -0.15) is 0 Å². The van der Waals surface area contributed by atoms with Crippen molar-refractivity contribution in [1.29, 1.82) is 0 Å². The van der Waals surface area contributed by atoms with Crippen molar-refractivity contribution in [3.05, 3.63) is 58.9 Å². The van der Waals surface area contributed by atoms with E-state index >= 15 is 0 Å². The number of hydrogen-bond donors (Lipinski definition) is 1. The van der Waals surface area contributed by atoms with Gasteiger partial charge in [0.2, 0.25) is 0 Å². The van der Waals surface area contributed by atoms with Gasteiger partial charge >= 0.3 is 5.97 Å². The number of hydrogen-bond acceptors (Lipinski definition) is 3. The first-order valence-electron chi connectivity index (χ1n) is 7.70. The molecule has 0 aliphatic heterocycles. The minimum absolute atomic E-state index is 0.0920. The molecule has 130 valence electrons. The third-order valence-electron chi connectivity index (χ3n) is 4.45.